The summed E-state index contributed by atoms with van der Waals surface area (Å²) in [6, 6.07) is 0. The van der Waals surface area contributed by atoms with E-state index in [-0.39, 0.29) is 0 Å². The first kappa shape index (κ1) is 6.66. The average Bonchev–Trinajstić information content (AvgIpc) is 2.42. The lowest BCUT2D eigenvalue weighted by molar-refractivity contribution is 0.293. The van der Waals surface area contributed by atoms with Gasteiger partial charge in [0, 0.05) is 0 Å². The molecule has 0 heterocycles. The van der Waals surface area contributed by atoms with Crippen molar-refractivity contribution in [3.05, 3.63) is 0 Å². The Hall–Kier alpha value is -0.0400. The van der Waals surface area contributed by atoms with Crippen molar-refractivity contribution in [2.45, 2.75) is 39.0 Å². The Morgan fingerprint density at radius 1 is 1.20 bits per heavy atom. The van der Waals surface area contributed by atoms with Crippen molar-refractivity contribution in [1.82, 2.24) is 0 Å². The summed E-state index contributed by atoms with van der Waals surface area (Å²) >= 11 is 0. The Labute approximate surface area is 63.0 Å². The molecule has 2 N–H and O–H groups in total. The minimum absolute atomic E-state index is 0.592. The van der Waals surface area contributed by atoms with E-state index in [0.29, 0.717) is 10.8 Å². The van der Waals surface area contributed by atoms with Gasteiger partial charge in [-0.15, -0.1) is 0 Å². The molecule has 0 amide bonds. The third-order valence-corrected chi connectivity index (χ3v) is 3.75. The molecule has 10 heavy (non-hydrogen) atoms. The standard InChI is InChI=1S/C9H17N/c1-8-2-4-9(6-8,7-10)5-3-8/h2-7,10H2,1H3. The molecule has 0 spiro atoms. The molecule has 2 aliphatic carbocycles. The molecule has 0 aromatic carbocycles. The molecule has 2 aliphatic rings. The molecule has 0 unspecified atom stereocenters. The fraction of sp³-hybridized carbons (Fsp3) is 1.00. The highest BCUT2D eigenvalue weighted by Crippen LogP contribution is 2.60. The largest absolute Gasteiger partial charge is 0.330 e. The van der Waals surface area contributed by atoms with Crippen LogP contribution in [-0.4, -0.2) is 6.54 Å². The van der Waals surface area contributed by atoms with Gasteiger partial charge in [-0.1, -0.05) is 6.92 Å². The Kier molecular flexibility index (Phi) is 1.17. The van der Waals surface area contributed by atoms with E-state index in [1.54, 1.807) is 0 Å². The van der Waals surface area contributed by atoms with Gasteiger partial charge in [0.1, 0.15) is 0 Å². The molecule has 1 heteroatoms. The normalized spacial score (nSPS) is 52.2. The molecule has 0 aromatic heterocycles. The van der Waals surface area contributed by atoms with Crippen molar-refractivity contribution in [3.8, 4) is 0 Å². The van der Waals surface area contributed by atoms with Crippen LogP contribution in [0.5, 0.6) is 0 Å². The fourth-order valence-electron chi connectivity index (χ4n) is 2.92. The maximum absolute atomic E-state index is 5.76. The molecule has 58 valence electrons. The summed E-state index contributed by atoms with van der Waals surface area (Å²) in [4.78, 5) is 0. The highest BCUT2D eigenvalue weighted by atomic mass is 14.7. The van der Waals surface area contributed by atoms with Crippen LogP contribution in [0.15, 0.2) is 0 Å². The second-order valence-electron chi connectivity index (χ2n) is 4.69. The second-order valence-corrected chi connectivity index (χ2v) is 4.69. The summed E-state index contributed by atoms with van der Waals surface area (Å²) in [5.41, 5.74) is 7.05. The van der Waals surface area contributed by atoms with E-state index in [9.17, 15) is 0 Å². The summed E-state index contributed by atoms with van der Waals surface area (Å²) < 4.78 is 0. The Morgan fingerprint density at radius 3 is 2.00 bits per heavy atom. The molecule has 0 atom stereocenters. The van der Waals surface area contributed by atoms with Gasteiger partial charge in [-0.3, -0.25) is 0 Å². The zero-order valence-corrected chi connectivity index (χ0v) is 6.82. The zero-order valence-electron chi connectivity index (χ0n) is 6.82. The first-order valence-corrected chi connectivity index (χ1v) is 4.38. The van der Waals surface area contributed by atoms with Gasteiger partial charge in [-0.25, -0.2) is 0 Å². The monoisotopic (exact) mass is 139 g/mol. The van der Waals surface area contributed by atoms with Crippen LogP contribution in [0.1, 0.15) is 39.0 Å². The molecule has 2 fully saturated rings. The van der Waals surface area contributed by atoms with E-state index < -0.39 is 0 Å². The maximum Gasteiger partial charge on any atom is -0.00203 e. The first-order chi connectivity index (χ1) is 4.68. The summed E-state index contributed by atoms with van der Waals surface area (Å²) in [6.45, 7) is 3.36. The van der Waals surface area contributed by atoms with Crippen LogP contribution in [0.4, 0.5) is 0 Å². The minimum atomic E-state index is 0.592. The van der Waals surface area contributed by atoms with Crippen molar-refractivity contribution in [1.29, 1.82) is 0 Å². The number of nitrogens with two attached hydrogens (primary N) is 1. The predicted molar refractivity (Wildman–Crippen MR) is 42.7 cm³/mol. The quantitative estimate of drug-likeness (QED) is 0.590. The van der Waals surface area contributed by atoms with Gasteiger partial charge in [-0.05, 0) is 49.5 Å². The molecular weight excluding hydrogens is 122 g/mol. The lowest BCUT2D eigenvalue weighted by atomic mass is 9.83. The lowest BCUT2D eigenvalue weighted by Crippen LogP contribution is -2.25. The van der Waals surface area contributed by atoms with Crippen LogP contribution >= 0.6 is 0 Å². The van der Waals surface area contributed by atoms with Crippen LogP contribution < -0.4 is 5.73 Å². The predicted octanol–water partition coefficient (Wildman–Crippen LogP) is 1.92. The number of hydrogen-bond acceptors (Lipinski definition) is 1. The molecule has 0 aliphatic heterocycles. The zero-order chi connectivity index (χ0) is 7.24. The Morgan fingerprint density at radius 2 is 1.80 bits per heavy atom. The molecule has 0 radical (unpaired) electrons. The summed E-state index contributed by atoms with van der Waals surface area (Å²) in [6.07, 6.45) is 7.09. The van der Waals surface area contributed by atoms with Gasteiger partial charge >= 0.3 is 0 Å². The average molecular weight is 139 g/mol. The van der Waals surface area contributed by atoms with Crippen LogP contribution in [-0.2, 0) is 0 Å². The number of fused-ring (bicyclic) bond motifs is 2. The smallest absolute Gasteiger partial charge is 0.00203 e. The third kappa shape index (κ3) is 0.731. The number of rotatable bonds is 1. The van der Waals surface area contributed by atoms with Gasteiger partial charge in [0.15, 0.2) is 0 Å². The van der Waals surface area contributed by atoms with E-state index in [1.807, 2.05) is 0 Å². The molecule has 0 aromatic rings. The van der Waals surface area contributed by atoms with Crippen molar-refractivity contribution < 1.29 is 0 Å². The van der Waals surface area contributed by atoms with Crippen LogP contribution in [0.2, 0.25) is 0 Å². The van der Waals surface area contributed by atoms with Gasteiger partial charge in [0.2, 0.25) is 0 Å². The van der Waals surface area contributed by atoms with E-state index >= 15 is 0 Å². The summed E-state index contributed by atoms with van der Waals surface area (Å²) in [5, 5.41) is 0. The van der Waals surface area contributed by atoms with E-state index in [4.69, 9.17) is 5.73 Å². The van der Waals surface area contributed by atoms with Gasteiger partial charge < -0.3 is 5.73 Å². The van der Waals surface area contributed by atoms with Crippen molar-refractivity contribution in [2.24, 2.45) is 16.6 Å². The molecule has 0 saturated heterocycles. The Balaban J connectivity index is 2.19. The molecule has 2 bridgehead atoms. The van der Waals surface area contributed by atoms with E-state index in [1.165, 1.54) is 32.1 Å². The van der Waals surface area contributed by atoms with Crippen LogP contribution in [0.3, 0.4) is 0 Å². The van der Waals surface area contributed by atoms with Gasteiger partial charge in [0.05, 0.1) is 0 Å². The fourth-order valence-corrected chi connectivity index (χ4v) is 2.92. The van der Waals surface area contributed by atoms with Crippen molar-refractivity contribution in [2.75, 3.05) is 6.54 Å². The summed E-state index contributed by atoms with van der Waals surface area (Å²) in [7, 11) is 0. The third-order valence-electron chi connectivity index (χ3n) is 3.75. The van der Waals surface area contributed by atoms with Crippen molar-refractivity contribution >= 4 is 0 Å². The second kappa shape index (κ2) is 1.76. The van der Waals surface area contributed by atoms with Crippen LogP contribution in [0, 0.1) is 10.8 Å². The SMILES string of the molecule is CC12CCC(CN)(CC1)C2. The molecule has 2 saturated carbocycles. The molecule has 2 rings (SSSR count). The highest BCUT2D eigenvalue weighted by molar-refractivity contribution is 5.02. The van der Waals surface area contributed by atoms with Gasteiger partial charge in [-0.2, -0.15) is 0 Å². The van der Waals surface area contributed by atoms with Crippen LogP contribution in [0.25, 0.3) is 0 Å². The lowest BCUT2D eigenvalue weighted by Gasteiger charge is -2.24. The molecular formula is C9H17N. The topological polar surface area (TPSA) is 26.0 Å². The number of hydrogen-bond donors (Lipinski definition) is 1. The van der Waals surface area contributed by atoms with Crippen molar-refractivity contribution in [3.63, 3.8) is 0 Å². The van der Waals surface area contributed by atoms with E-state index in [0.717, 1.165) is 6.54 Å². The van der Waals surface area contributed by atoms with Gasteiger partial charge in [0.25, 0.3) is 0 Å². The highest BCUT2D eigenvalue weighted by Gasteiger charge is 2.50. The Bertz CT molecular complexity index is 143. The minimum Gasteiger partial charge on any atom is -0.330 e. The summed E-state index contributed by atoms with van der Waals surface area (Å²) in [5.74, 6) is 0. The molecule has 1 nitrogen and oxygen atoms in total. The maximum atomic E-state index is 5.76. The first-order valence-electron chi connectivity index (χ1n) is 4.38. The van der Waals surface area contributed by atoms with E-state index in [2.05, 4.69) is 6.92 Å².